The average molecular weight is 309 g/mol. The Morgan fingerprint density at radius 2 is 1.87 bits per heavy atom. The number of hydrogen-bond acceptors (Lipinski definition) is 3. The summed E-state index contributed by atoms with van der Waals surface area (Å²) in [5.41, 5.74) is 2.67. The van der Waals surface area contributed by atoms with Crippen molar-refractivity contribution in [2.24, 2.45) is 0 Å². The summed E-state index contributed by atoms with van der Waals surface area (Å²) in [6.07, 6.45) is 0.703. The number of ether oxygens (including phenoxy) is 1. The number of fused-ring (bicyclic) bond motifs is 1. The lowest BCUT2D eigenvalue weighted by Crippen LogP contribution is -2.25. The van der Waals surface area contributed by atoms with E-state index in [1.807, 2.05) is 55.5 Å². The lowest BCUT2D eigenvalue weighted by molar-refractivity contribution is 0.0927. The van der Waals surface area contributed by atoms with Crippen molar-refractivity contribution in [1.29, 1.82) is 0 Å². The number of amides is 1. The minimum atomic E-state index is -0.186. The first-order valence-electron chi connectivity index (χ1n) is 7.59. The molecular weight excluding hydrogens is 290 g/mol. The van der Waals surface area contributed by atoms with Crippen molar-refractivity contribution in [3.05, 3.63) is 65.4 Å². The molecule has 0 bridgehead atoms. The summed E-state index contributed by atoms with van der Waals surface area (Å²) in [5, 5.41) is 3.89. The normalized spacial score (nSPS) is 10.7. The molecule has 1 aromatic heterocycles. The molecule has 1 heterocycles. The second-order valence-corrected chi connectivity index (χ2v) is 5.37. The Hall–Kier alpha value is -2.75. The Balaban J connectivity index is 1.68. The summed E-state index contributed by atoms with van der Waals surface area (Å²) < 4.78 is 11.0. The van der Waals surface area contributed by atoms with Crippen LogP contribution in [-0.4, -0.2) is 19.6 Å². The van der Waals surface area contributed by atoms with Crippen LogP contribution < -0.4 is 10.1 Å². The number of rotatable bonds is 5. The van der Waals surface area contributed by atoms with Crippen LogP contribution >= 0.6 is 0 Å². The maximum absolute atomic E-state index is 12.3. The summed E-state index contributed by atoms with van der Waals surface area (Å²) in [4.78, 5) is 12.3. The van der Waals surface area contributed by atoms with Gasteiger partial charge >= 0.3 is 0 Å². The molecule has 0 aliphatic rings. The summed E-state index contributed by atoms with van der Waals surface area (Å²) in [6.45, 7) is 2.43. The molecule has 3 aromatic rings. The predicted octanol–water partition coefficient (Wildman–Crippen LogP) is 3.72. The van der Waals surface area contributed by atoms with Gasteiger partial charge in [0.2, 0.25) is 0 Å². The van der Waals surface area contributed by atoms with Gasteiger partial charge in [-0.15, -0.1) is 0 Å². The highest BCUT2D eigenvalue weighted by Crippen LogP contribution is 2.24. The van der Waals surface area contributed by atoms with E-state index in [1.54, 1.807) is 7.11 Å². The van der Waals surface area contributed by atoms with Crippen molar-refractivity contribution < 1.29 is 13.9 Å². The van der Waals surface area contributed by atoms with Gasteiger partial charge in [0.1, 0.15) is 11.3 Å². The van der Waals surface area contributed by atoms with Crippen LogP contribution in [0.4, 0.5) is 0 Å². The number of benzene rings is 2. The van der Waals surface area contributed by atoms with Crippen LogP contribution in [-0.2, 0) is 6.42 Å². The van der Waals surface area contributed by atoms with Crippen LogP contribution in [0.3, 0.4) is 0 Å². The predicted molar refractivity (Wildman–Crippen MR) is 90.0 cm³/mol. The van der Waals surface area contributed by atoms with Gasteiger partial charge in [0.05, 0.1) is 7.11 Å². The molecule has 0 fully saturated rings. The van der Waals surface area contributed by atoms with Crippen LogP contribution in [0.1, 0.15) is 21.7 Å². The quantitative estimate of drug-likeness (QED) is 0.781. The van der Waals surface area contributed by atoms with Gasteiger partial charge in [0.15, 0.2) is 5.76 Å². The van der Waals surface area contributed by atoms with Crippen LogP contribution in [0.25, 0.3) is 11.0 Å². The maximum atomic E-state index is 12.3. The third-order valence-electron chi connectivity index (χ3n) is 3.92. The molecule has 0 atom stereocenters. The molecular formula is C19H19NO3. The van der Waals surface area contributed by atoms with Crippen LogP contribution in [0.2, 0.25) is 0 Å². The van der Waals surface area contributed by atoms with Gasteiger partial charge < -0.3 is 14.5 Å². The van der Waals surface area contributed by atoms with Crippen molar-refractivity contribution in [3.63, 3.8) is 0 Å². The minimum absolute atomic E-state index is 0.186. The molecule has 0 unspecified atom stereocenters. The molecule has 1 N–H and O–H groups in total. The Kier molecular flexibility index (Phi) is 4.33. The highest BCUT2D eigenvalue weighted by atomic mass is 16.5. The smallest absolute Gasteiger partial charge is 0.287 e. The number of furan rings is 1. The zero-order valence-electron chi connectivity index (χ0n) is 13.3. The molecule has 118 valence electrons. The fraction of sp³-hybridized carbons (Fsp3) is 0.211. The number of methoxy groups -OCH3 is 1. The van der Waals surface area contributed by atoms with E-state index in [-0.39, 0.29) is 5.91 Å². The first-order chi connectivity index (χ1) is 11.2. The van der Waals surface area contributed by atoms with Gasteiger partial charge in [0, 0.05) is 17.5 Å². The highest BCUT2D eigenvalue weighted by Gasteiger charge is 2.16. The molecule has 4 heteroatoms. The number of carbonyl (C=O) groups excluding carboxylic acids is 1. The lowest BCUT2D eigenvalue weighted by Gasteiger charge is -2.08. The SMILES string of the molecule is COc1ccccc1CCNC(=O)c1oc2ccccc2c1C. The molecule has 0 aliphatic heterocycles. The molecule has 23 heavy (non-hydrogen) atoms. The highest BCUT2D eigenvalue weighted by molar-refractivity contribution is 5.98. The second-order valence-electron chi connectivity index (χ2n) is 5.37. The number of hydrogen-bond donors (Lipinski definition) is 1. The molecule has 0 aliphatic carbocycles. The summed E-state index contributed by atoms with van der Waals surface area (Å²) in [7, 11) is 1.65. The summed E-state index contributed by atoms with van der Waals surface area (Å²) >= 11 is 0. The summed E-state index contributed by atoms with van der Waals surface area (Å²) in [6, 6.07) is 15.5. The monoisotopic (exact) mass is 309 g/mol. The molecule has 0 saturated carbocycles. The van der Waals surface area contributed by atoms with Crippen molar-refractivity contribution in [2.45, 2.75) is 13.3 Å². The van der Waals surface area contributed by atoms with Gasteiger partial charge in [-0.3, -0.25) is 4.79 Å². The van der Waals surface area contributed by atoms with Crippen LogP contribution in [0.15, 0.2) is 52.9 Å². The van der Waals surface area contributed by atoms with E-state index in [9.17, 15) is 4.79 Å². The van der Waals surface area contributed by atoms with Gasteiger partial charge in [-0.2, -0.15) is 0 Å². The van der Waals surface area contributed by atoms with E-state index < -0.39 is 0 Å². The third-order valence-corrected chi connectivity index (χ3v) is 3.92. The first kappa shape index (κ1) is 15.2. The Morgan fingerprint density at radius 3 is 2.65 bits per heavy atom. The Bertz CT molecular complexity index is 836. The zero-order valence-corrected chi connectivity index (χ0v) is 13.3. The average Bonchev–Trinajstić information content (AvgIpc) is 2.92. The van der Waals surface area contributed by atoms with Crippen molar-refractivity contribution >= 4 is 16.9 Å². The van der Waals surface area contributed by atoms with Crippen molar-refractivity contribution in [2.75, 3.05) is 13.7 Å². The molecule has 4 nitrogen and oxygen atoms in total. The van der Waals surface area contributed by atoms with Crippen LogP contribution in [0.5, 0.6) is 5.75 Å². The van der Waals surface area contributed by atoms with E-state index in [0.717, 1.165) is 27.8 Å². The summed E-state index contributed by atoms with van der Waals surface area (Å²) in [5.74, 6) is 1.03. The van der Waals surface area contributed by atoms with Crippen LogP contribution in [0, 0.1) is 6.92 Å². The minimum Gasteiger partial charge on any atom is -0.496 e. The van der Waals surface area contributed by atoms with E-state index in [1.165, 1.54) is 0 Å². The molecule has 1 amide bonds. The molecule has 0 saturated heterocycles. The van der Waals surface area contributed by atoms with Gasteiger partial charge in [-0.05, 0) is 31.0 Å². The van der Waals surface area contributed by atoms with E-state index >= 15 is 0 Å². The van der Waals surface area contributed by atoms with Gasteiger partial charge in [-0.25, -0.2) is 0 Å². The topological polar surface area (TPSA) is 51.5 Å². The number of aryl methyl sites for hydroxylation is 1. The lowest BCUT2D eigenvalue weighted by atomic mass is 10.1. The zero-order chi connectivity index (χ0) is 16.2. The molecule has 0 spiro atoms. The maximum Gasteiger partial charge on any atom is 0.287 e. The van der Waals surface area contributed by atoms with Gasteiger partial charge in [-0.1, -0.05) is 36.4 Å². The fourth-order valence-corrected chi connectivity index (χ4v) is 2.69. The first-order valence-corrected chi connectivity index (χ1v) is 7.59. The number of nitrogens with one attached hydrogen (secondary N) is 1. The second kappa shape index (κ2) is 6.57. The van der Waals surface area contributed by atoms with E-state index in [4.69, 9.17) is 9.15 Å². The Labute approximate surface area is 135 Å². The standard InChI is InChI=1S/C19H19NO3/c1-13-15-8-4-6-10-17(15)23-18(13)19(21)20-12-11-14-7-3-5-9-16(14)22-2/h3-10H,11-12H2,1-2H3,(H,20,21). The number of carbonyl (C=O) groups is 1. The number of para-hydroxylation sites is 2. The van der Waals surface area contributed by atoms with Gasteiger partial charge in [0.25, 0.3) is 5.91 Å². The van der Waals surface area contributed by atoms with Crippen molar-refractivity contribution in [1.82, 2.24) is 5.32 Å². The third kappa shape index (κ3) is 3.06. The van der Waals surface area contributed by atoms with E-state index in [0.29, 0.717) is 18.7 Å². The fourth-order valence-electron chi connectivity index (χ4n) is 2.69. The molecule has 2 aromatic carbocycles. The molecule has 3 rings (SSSR count). The molecule has 0 radical (unpaired) electrons. The largest absolute Gasteiger partial charge is 0.496 e. The van der Waals surface area contributed by atoms with E-state index in [2.05, 4.69) is 5.32 Å². The van der Waals surface area contributed by atoms with Crippen molar-refractivity contribution in [3.8, 4) is 5.75 Å². The Morgan fingerprint density at radius 1 is 1.13 bits per heavy atom.